The topological polar surface area (TPSA) is 48.0 Å². The van der Waals surface area contributed by atoms with Gasteiger partial charge in [-0.15, -0.1) is 0 Å². The minimum atomic E-state index is -0.407. The second-order valence-electron chi connectivity index (χ2n) is 9.10. The van der Waals surface area contributed by atoms with Gasteiger partial charge in [-0.25, -0.2) is 4.79 Å². The summed E-state index contributed by atoms with van der Waals surface area (Å²) in [4.78, 5) is 14.5. The van der Waals surface area contributed by atoms with Crippen LogP contribution in [-0.4, -0.2) is 29.3 Å². The highest BCUT2D eigenvalue weighted by molar-refractivity contribution is 6.62. The molecule has 2 aromatic rings. The lowest BCUT2D eigenvalue weighted by molar-refractivity contribution is 0.00578. The largest absolute Gasteiger partial charge is 0.494 e. The van der Waals surface area contributed by atoms with E-state index < -0.39 is 7.12 Å². The smallest absolute Gasteiger partial charge is 0.445 e. The fourth-order valence-electron chi connectivity index (χ4n) is 3.54. The minimum Gasteiger partial charge on any atom is -0.445 e. The molecule has 2 aromatic carbocycles. The number of ether oxygens (including phenoxy) is 1. The number of nitrogens with zero attached hydrogens (tertiary/aromatic N) is 1. The first-order valence-electron chi connectivity index (χ1n) is 10.9. The van der Waals surface area contributed by atoms with Crippen molar-refractivity contribution >= 4 is 18.7 Å². The van der Waals surface area contributed by atoms with Crippen LogP contribution in [0.25, 0.3) is 0 Å². The molecule has 1 saturated heterocycles. The molecule has 2 aliphatic rings. The molecule has 1 heterocycles. The molecule has 4 rings (SSSR count). The van der Waals surface area contributed by atoms with Crippen LogP contribution in [0.15, 0.2) is 54.6 Å². The molecule has 0 spiro atoms. The van der Waals surface area contributed by atoms with Crippen LogP contribution in [0.4, 0.5) is 4.79 Å². The molecule has 32 heavy (non-hydrogen) atoms. The summed E-state index contributed by atoms with van der Waals surface area (Å²) in [6.45, 7) is 8.78. The van der Waals surface area contributed by atoms with Crippen LogP contribution in [0.5, 0.6) is 0 Å². The zero-order chi connectivity index (χ0) is 22.8. The van der Waals surface area contributed by atoms with Gasteiger partial charge in [-0.05, 0) is 70.0 Å². The summed E-state index contributed by atoms with van der Waals surface area (Å²) in [7, 11) is -0.407. The summed E-state index contributed by atoms with van der Waals surface area (Å²) in [5.74, 6) is 0. The molecule has 5 nitrogen and oxygen atoms in total. The Balaban J connectivity index is 1.37. The molecule has 5 radical (unpaired) electrons. The van der Waals surface area contributed by atoms with E-state index in [1.807, 2.05) is 108 Å². The molecular formula is C26H29BNO4. The molecule has 1 aliphatic heterocycles. The first-order valence-corrected chi connectivity index (χ1v) is 10.9. The lowest BCUT2D eigenvalue weighted by atomic mass is 9.79. The van der Waals surface area contributed by atoms with E-state index in [4.69, 9.17) is 14.0 Å². The van der Waals surface area contributed by atoms with Crippen molar-refractivity contribution in [1.29, 1.82) is 0 Å². The molecule has 2 fully saturated rings. The Morgan fingerprint density at radius 3 is 2.06 bits per heavy atom. The van der Waals surface area contributed by atoms with Crippen molar-refractivity contribution in [2.75, 3.05) is 0 Å². The van der Waals surface area contributed by atoms with Crippen LogP contribution in [0, 0.1) is 31.7 Å². The highest BCUT2D eigenvalue weighted by Crippen LogP contribution is 2.36. The maximum absolute atomic E-state index is 12.9. The Morgan fingerprint density at radius 2 is 1.47 bits per heavy atom. The Hall–Kier alpha value is -2.31. The zero-order valence-corrected chi connectivity index (χ0v) is 19.1. The molecule has 0 bridgehead atoms. The van der Waals surface area contributed by atoms with Gasteiger partial charge in [0.2, 0.25) is 0 Å². The molecule has 0 aromatic heterocycles. The van der Waals surface area contributed by atoms with Crippen LogP contribution in [0.3, 0.4) is 0 Å². The second-order valence-corrected chi connectivity index (χ2v) is 9.10. The van der Waals surface area contributed by atoms with E-state index in [0.29, 0.717) is 6.54 Å². The molecule has 1 aliphatic carbocycles. The van der Waals surface area contributed by atoms with E-state index in [-0.39, 0.29) is 23.9 Å². The Labute approximate surface area is 192 Å². The molecule has 0 N–H and O–H groups in total. The number of carbonyl (C=O) groups excluding carboxylic acids is 1. The van der Waals surface area contributed by atoms with Gasteiger partial charge in [-0.2, -0.15) is 0 Å². The number of carbonyl (C=O) groups is 1. The molecule has 1 amide bonds. The third kappa shape index (κ3) is 5.02. The van der Waals surface area contributed by atoms with Crippen LogP contribution >= 0.6 is 0 Å². The van der Waals surface area contributed by atoms with Crippen LogP contribution < -0.4 is 5.46 Å². The highest BCUT2D eigenvalue weighted by atomic mass is 16.7. The van der Waals surface area contributed by atoms with E-state index in [1.54, 1.807) is 4.90 Å². The Morgan fingerprint density at radius 1 is 0.875 bits per heavy atom. The van der Waals surface area contributed by atoms with Gasteiger partial charge in [-0.1, -0.05) is 54.6 Å². The Bertz CT molecular complexity index is 891. The maximum Gasteiger partial charge on any atom is 0.494 e. The molecule has 0 unspecified atom stereocenters. The number of benzene rings is 2. The van der Waals surface area contributed by atoms with Crippen molar-refractivity contribution in [3.05, 3.63) is 97.4 Å². The van der Waals surface area contributed by atoms with Gasteiger partial charge in [0.05, 0.1) is 17.2 Å². The van der Waals surface area contributed by atoms with E-state index in [0.717, 1.165) is 22.6 Å². The van der Waals surface area contributed by atoms with Crippen molar-refractivity contribution in [3.63, 3.8) is 0 Å². The zero-order valence-electron chi connectivity index (χ0n) is 19.1. The summed E-state index contributed by atoms with van der Waals surface area (Å²) in [6.07, 6.45) is 7.26. The van der Waals surface area contributed by atoms with Crippen LogP contribution in [-0.2, 0) is 27.2 Å². The standard InChI is InChI=1S/C26H29BNO4/c1-25(2)26(3,4)32-27(31-25)22-16-14-21(15-17-22)19-30-24(29)28(23-12-8-9-13-23)18-20-10-6-5-7-11-20/h5-17H,18-19H2,1-4H3. The van der Waals surface area contributed by atoms with Gasteiger partial charge >= 0.3 is 13.2 Å². The highest BCUT2D eigenvalue weighted by Gasteiger charge is 2.51. The van der Waals surface area contributed by atoms with Crippen molar-refractivity contribution < 1.29 is 18.8 Å². The second kappa shape index (κ2) is 9.28. The van der Waals surface area contributed by atoms with Crippen molar-refractivity contribution in [3.8, 4) is 0 Å². The van der Waals surface area contributed by atoms with E-state index in [1.165, 1.54) is 0 Å². The fraction of sp³-hybridized carbons (Fsp3) is 0.308. The van der Waals surface area contributed by atoms with Crippen molar-refractivity contribution in [2.24, 2.45) is 0 Å². The summed E-state index contributed by atoms with van der Waals surface area (Å²) >= 11 is 0. The number of hydrogen-bond donors (Lipinski definition) is 0. The van der Waals surface area contributed by atoms with Crippen molar-refractivity contribution in [2.45, 2.75) is 52.0 Å². The molecule has 6 heteroatoms. The van der Waals surface area contributed by atoms with Gasteiger partial charge < -0.3 is 14.0 Å². The lowest BCUT2D eigenvalue weighted by Crippen LogP contribution is -2.41. The quantitative estimate of drug-likeness (QED) is 0.634. The van der Waals surface area contributed by atoms with E-state index in [9.17, 15) is 4.79 Å². The fourth-order valence-corrected chi connectivity index (χ4v) is 3.54. The molecule has 0 atom stereocenters. The van der Waals surface area contributed by atoms with E-state index in [2.05, 4.69) is 0 Å². The Kier molecular flexibility index (Phi) is 6.63. The summed E-state index contributed by atoms with van der Waals surface area (Å²) < 4.78 is 17.8. The van der Waals surface area contributed by atoms with Crippen LogP contribution in [0.1, 0.15) is 38.8 Å². The summed E-state index contributed by atoms with van der Waals surface area (Å²) in [6, 6.07) is 18.5. The first kappa shape index (κ1) is 22.9. The van der Waals surface area contributed by atoms with Crippen molar-refractivity contribution in [1.82, 2.24) is 4.90 Å². The maximum atomic E-state index is 12.9. The van der Waals surface area contributed by atoms with Gasteiger partial charge in [0.25, 0.3) is 0 Å². The van der Waals surface area contributed by atoms with Gasteiger partial charge in [-0.3, -0.25) is 4.90 Å². The average Bonchev–Trinajstić information content (AvgIpc) is 3.37. The van der Waals surface area contributed by atoms with Gasteiger partial charge in [0.1, 0.15) is 6.61 Å². The summed E-state index contributed by atoms with van der Waals surface area (Å²) in [5.41, 5.74) is 2.13. The third-order valence-electron chi connectivity index (χ3n) is 6.23. The molecular weight excluding hydrogens is 401 g/mol. The predicted molar refractivity (Wildman–Crippen MR) is 125 cm³/mol. The molecule has 1 saturated carbocycles. The van der Waals surface area contributed by atoms with Gasteiger partial charge in [0, 0.05) is 6.54 Å². The number of amides is 1. The van der Waals surface area contributed by atoms with E-state index >= 15 is 0 Å². The summed E-state index contributed by atoms with van der Waals surface area (Å²) in [5, 5.41) is 0. The normalized spacial score (nSPS) is 19.8. The van der Waals surface area contributed by atoms with Crippen LogP contribution in [0.2, 0.25) is 0 Å². The minimum absolute atomic E-state index is 0.189. The number of hydrogen-bond acceptors (Lipinski definition) is 4. The molecule has 165 valence electrons. The lowest BCUT2D eigenvalue weighted by Gasteiger charge is -2.32. The average molecular weight is 430 g/mol. The van der Waals surface area contributed by atoms with Gasteiger partial charge in [0.15, 0.2) is 0 Å². The first-order chi connectivity index (χ1) is 15.2. The third-order valence-corrected chi connectivity index (χ3v) is 6.23. The number of rotatable bonds is 6. The predicted octanol–water partition coefficient (Wildman–Crippen LogP) is 4.49. The monoisotopic (exact) mass is 430 g/mol. The SMILES string of the molecule is CC1(C)OB(c2ccc(COC(=O)N(Cc3ccccc3)[C]3[CH][CH][CH][CH]3)cc2)OC1(C)C.